The second-order valence-corrected chi connectivity index (χ2v) is 7.28. The zero-order valence-electron chi connectivity index (χ0n) is 18.2. The van der Waals surface area contributed by atoms with Gasteiger partial charge in [-0.25, -0.2) is 0 Å². The summed E-state index contributed by atoms with van der Waals surface area (Å²) in [5, 5.41) is 9.59. The van der Waals surface area contributed by atoms with Gasteiger partial charge in [0.05, 0.1) is 20.1 Å². The number of hydrogen-bond donors (Lipinski definition) is 1. The quantitative estimate of drug-likeness (QED) is 0.316. The highest BCUT2D eigenvalue weighted by Gasteiger charge is 2.05. The average Bonchev–Trinajstić information content (AvgIpc) is 2.75. The number of aromatic hydroxyl groups is 1. The molecule has 0 aliphatic heterocycles. The highest BCUT2D eigenvalue weighted by molar-refractivity contribution is 6.10. The highest BCUT2D eigenvalue weighted by atomic mass is 16.5. The van der Waals surface area contributed by atoms with Crippen LogP contribution in [0.4, 0.5) is 0 Å². The van der Waals surface area contributed by atoms with E-state index in [0.717, 1.165) is 24.3 Å². The van der Waals surface area contributed by atoms with E-state index in [1.807, 2.05) is 38.4 Å². The Hall–Kier alpha value is -3.38. The maximum Gasteiger partial charge on any atom is 0.163 e. The number of benzene rings is 2. The second kappa shape index (κ2) is 12.3. The maximum absolute atomic E-state index is 12.1. The van der Waals surface area contributed by atoms with Crippen LogP contribution in [0.2, 0.25) is 0 Å². The van der Waals surface area contributed by atoms with Gasteiger partial charge in [0.25, 0.3) is 0 Å². The molecule has 164 valence electrons. The van der Waals surface area contributed by atoms with E-state index in [4.69, 9.17) is 9.47 Å². The van der Waals surface area contributed by atoms with Crippen molar-refractivity contribution in [3.63, 3.8) is 0 Å². The lowest BCUT2D eigenvalue weighted by Crippen LogP contribution is -2.15. The van der Waals surface area contributed by atoms with Crippen LogP contribution in [0.5, 0.6) is 17.2 Å². The van der Waals surface area contributed by atoms with Gasteiger partial charge in [-0.2, -0.15) is 0 Å². The smallest absolute Gasteiger partial charge is 0.163 e. The molecule has 0 aliphatic carbocycles. The molecule has 6 nitrogen and oxygen atoms in total. The molecule has 0 atom stereocenters. The van der Waals surface area contributed by atoms with Gasteiger partial charge in [0, 0.05) is 6.54 Å². The summed E-state index contributed by atoms with van der Waals surface area (Å²) in [6.45, 7) is 1.62. The van der Waals surface area contributed by atoms with Crippen molar-refractivity contribution in [1.29, 1.82) is 0 Å². The van der Waals surface area contributed by atoms with E-state index in [1.54, 1.807) is 24.3 Å². The van der Waals surface area contributed by atoms with Crippen molar-refractivity contribution in [2.24, 2.45) is 0 Å². The Morgan fingerprint density at radius 2 is 1.58 bits per heavy atom. The number of carbonyl (C=O) groups excluding carboxylic acids is 2. The van der Waals surface area contributed by atoms with Crippen LogP contribution in [0.15, 0.2) is 54.6 Å². The Balaban J connectivity index is 1.81. The molecule has 0 fully saturated rings. The van der Waals surface area contributed by atoms with E-state index >= 15 is 0 Å². The Morgan fingerprint density at radius 3 is 2.19 bits per heavy atom. The largest absolute Gasteiger partial charge is 0.504 e. The summed E-state index contributed by atoms with van der Waals surface area (Å²) in [6.07, 6.45) is 6.75. The Labute approximate surface area is 183 Å². The zero-order valence-corrected chi connectivity index (χ0v) is 18.2. The van der Waals surface area contributed by atoms with Crippen LogP contribution in [0.3, 0.4) is 0 Å². The van der Waals surface area contributed by atoms with Gasteiger partial charge in [-0.3, -0.25) is 9.59 Å². The fraction of sp³-hybridized carbons (Fsp3) is 0.280. The van der Waals surface area contributed by atoms with Crippen LogP contribution in [0.1, 0.15) is 24.0 Å². The number of methoxy groups -OCH3 is 1. The molecule has 0 saturated carbocycles. The molecule has 0 amide bonds. The van der Waals surface area contributed by atoms with E-state index in [0.29, 0.717) is 17.9 Å². The van der Waals surface area contributed by atoms with E-state index < -0.39 is 0 Å². The monoisotopic (exact) mass is 423 g/mol. The molecule has 6 heteroatoms. The number of phenolic OH excluding ortho intramolecular Hbond substituents is 1. The first-order chi connectivity index (χ1) is 14.9. The minimum atomic E-state index is -0.303. The first-order valence-corrected chi connectivity index (χ1v) is 10.0. The lowest BCUT2D eigenvalue weighted by atomic mass is 10.1. The molecule has 2 aromatic carbocycles. The molecule has 0 heterocycles. The third-order valence-corrected chi connectivity index (χ3v) is 4.37. The van der Waals surface area contributed by atoms with Gasteiger partial charge in [-0.05, 0) is 68.1 Å². The van der Waals surface area contributed by atoms with Gasteiger partial charge in [-0.1, -0.05) is 30.4 Å². The third kappa shape index (κ3) is 8.88. The van der Waals surface area contributed by atoms with Crippen molar-refractivity contribution in [2.45, 2.75) is 12.8 Å². The summed E-state index contributed by atoms with van der Waals surface area (Å²) < 4.78 is 10.7. The number of nitrogens with zero attached hydrogens (tertiary/aromatic N) is 1. The number of rotatable bonds is 12. The van der Waals surface area contributed by atoms with Gasteiger partial charge >= 0.3 is 0 Å². The van der Waals surface area contributed by atoms with Crippen LogP contribution in [-0.2, 0) is 9.59 Å². The van der Waals surface area contributed by atoms with Crippen LogP contribution < -0.4 is 9.47 Å². The van der Waals surface area contributed by atoms with Crippen molar-refractivity contribution in [2.75, 3.05) is 34.4 Å². The van der Waals surface area contributed by atoms with Crippen LogP contribution in [0.25, 0.3) is 12.2 Å². The average molecular weight is 424 g/mol. The number of carbonyl (C=O) groups is 2. The van der Waals surface area contributed by atoms with Crippen LogP contribution in [-0.4, -0.2) is 55.9 Å². The SMILES string of the molecule is COc1cc(/C=C/C(=O)CC(=O)/C=C/c2ccc(OCCCN(C)C)cc2)ccc1O. The molecule has 0 saturated heterocycles. The summed E-state index contributed by atoms with van der Waals surface area (Å²) in [5.74, 6) is 0.548. The molecule has 0 bridgehead atoms. The molecule has 0 spiro atoms. The Bertz CT molecular complexity index is 929. The normalized spacial score (nSPS) is 11.4. The van der Waals surface area contributed by atoms with Crippen molar-refractivity contribution in [3.05, 3.63) is 65.7 Å². The number of allylic oxidation sites excluding steroid dienone is 2. The lowest BCUT2D eigenvalue weighted by Gasteiger charge is -2.10. The van der Waals surface area contributed by atoms with E-state index in [-0.39, 0.29) is 23.7 Å². The molecule has 2 rings (SSSR count). The fourth-order valence-electron chi connectivity index (χ4n) is 2.71. The first-order valence-electron chi connectivity index (χ1n) is 10.0. The summed E-state index contributed by atoms with van der Waals surface area (Å²) >= 11 is 0. The summed E-state index contributed by atoms with van der Waals surface area (Å²) in [7, 11) is 5.50. The Morgan fingerprint density at radius 1 is 0.968 bits per heavy atom. The van der Waals surface area contributed by atoms with E-state index in [2.05, 4.69) is 4.90 Å². The van der Waals surface area contributed by atoms with Gasteiger partial charge < -0.3 is 19.5 Å². The summed E-state index contributed by atoms with van der Waals surface area (Å²) in [4.78, 5) is 26.2. The lowest BCUT2D eigenvalue weighted by molar-refractivity contribution is -0.121. The minimum Gasteiger partial charge on any atom is -0.504 e. The van der Waals surface area contributed by atoms with Crippen molar-refractivity contribution < 1.29 is 24.2 Å². The van der Waals surface area contributed by atoms with E-state index in [9.17, 15) is 14.7 Å². The van der Waals surface area contributed by atoms with E-state index in [1.165, 1.54) is 25.3 Å². The Kier molecular flexibility index (Phi) is 9.52. The zero-order chi connectivity index (χ0) is 22.6. The molecule has 0 radical (unpaired) electrons. The van der Waals surface area contributed by atoms with Crippen LogP contribution in [0, 0.1) is 0 Å². The number of ether oxygens (including phenoxy) is 2. The molecular formula is C25H29NO5. The standard InChI is InChI=1S/C25H29NO5/c1-26(2)15-4-16-31-23-12-7-19(8-13-23)5-10-21(27)18-22(28)11-6-20-9-14-24(29)25(17-20)30-3/h5-14,17,29H,4,15-16,18H2,1-3H3/b10-5+,11-6+. The molecular weight excluding hydrogens is 394 g/mol. The maximum atomic E-state index is 12.1. The molecule has 2 aromatic rings. The molecule has 0 aliphatic rings. The van der Waals surface area contributed by atoms with Gasteiger partial charge in [0.15, 0.2) is 23.1 Å². The van der Waals surface area contributed by atoms with Crippen molar-refractivity contribution in [3.8, 4) is 17.2 Å². The van der Waals surface area contributed by atoms with Crippen molar-refractivity contribution in [1.82, 2.24) is 4.90 Å². The number of phenols is 1. The number of ketones is 2. The first kappa shape index (κ1) is 23.9. The molecule has 0 aromatic heterocycles. The predicted molar refractivity (Wildman–Crippen MR) is 122 cm³/mol. The molecule has 31 heavy (non-hydrogen) atoms. The van der Waals surface area contributed by atoms with Crippen molar-refractivity contribution >= 4 is 23.7 Å². The third-order valence-electron chi connectivity index (χ3n) is 4.37. The van der Waals surface area contributed by atoms with Crippen LogP contribution >= 0.6 is 0 Å². The van der Waals surface area contributed by atoms with Gasteiger partial charge in [-0.15, -0.1) is 0 Å². The van der Waals surface area contributed by atoms with Gasteiger partial charge in [0.1, 0.15) is 5.75 Å². The summed E-state index contributed by atoms with van der Waals surface area (Å²) in [6, 6.07) is 12.2. The topological polar surface area (TPSA) is 76.1 Å². The minimum absolute atomic E-state index is 0.0233. The highest BCUT2D eigenvalue weighted by Crippen LogP contribution is 2.26. The second-order valence-electron chi connectivity index (χ2n) is 7.28. The number of hydrogen-bond acceptors (Lipinski definition) is 6. The predicted octanol–water partition coefficient (Wildman–Crippen LogP) is 3.99. The molecule has 1 N–H and O–H groups in total. The summed E-state index contributed by atoms with van der Waals surface area (Å²) in [5.41, 5.74) is 1.54. The fourth-order valence-corrected chi connectivity index (χ4v) is 2.71. The van der Waals surface area contributed by atoms with Gasteiger partial charge in [0.2, 0.25) is 0 Å². The molecule has 0 unspecified atom stereocenters.